The average molecular weight is 1020 g/mol. The van der Waals surface area contributed by atoms with Crippen molar-refractivity contribution >= 4 is 47.1 Å². The Kier molecular flexibility index (Phi) is 31.2. The van der Waals surface area contributed by atoms with Gasteiger partial charge < -0.3 is 29.6 Å². The minimum Gasteiger partial charge on any atom is -0.462 e. The van der Waals surface area contributed by atoms with Gasteiger partial charge in [-0.1, -0.05) is 168 Å². The number of nitrogens with one attached hydrogen (secondary N) is 2. The second-order valence-electron chi connectivity index (χ2n) is 18.8. The van der Waals surface area contributed by atoms with Crippen LogP contribution in [0, 0.1) is 23.7 Å². The molecule has 3 aromatic carbocycles. The molecule has 12 heteroatoms. The number of unbranched alkanes of at least 4 members (excludes halogenated alkanes) is 16. The molecule has 0 spiro atoms. The quantitative estimate of drug-likeness (QED) is 0.0255. The molecule has 0 saturated heterocycles. The molecule has 0 bridgehead atoms. The van der Waals surface area contributed by atoms with E-state index in [-0.39, 0.29) is 73.3 Å². The molecule has 402 valence electrons. The highest BCUT2D eigenvalue weighted by molar-refractivity contribution is 5.98. The van der Waals surface area contributed by atoms with Crippen LogP contribution in [0.1, 0.15) is 259 Å². The first-order valence-electron chi connectivity index (χ1n) is 27.8. The molecule has 0 radical (unpaired) electrons. The highest BCUT2D eigenvalue weighted by atomic mass is 16.5. The van der Waals surface area contributed by atoms with Gasteiger partial charge in [0, 0.05) is 24.0 Å². The molecule has 0 unspecified atom stereocenters. The average Bonchev–Trinajstić information content (AvgIpc) is 3.39. The van der Waals surface area contributed by atoms with Crippen LogP contribution in [0.15, 0.2) is 48.5 Å². The van der Waals surface area contributed by atoms with Crippen molar-refractivity contribution < 1.29 is 47.7 Å². The highest BCUT2D eigenvalue weighted by Crippen LogP contribution is 2.27. The van der Waals surface area contributed by atoms with Gasteiger partial charge in [0.15, 0.2) is 0 Å². The third kappa shape index (κ3) is 24.5. The maximum Gasteiger partial charge on any atom is 0.338 e. The van der Waals surface area contributed by atoms with Gasteiger partial charge in [0.25, 0.3) is 0 Å². The number of benzene rings is 3. The van der Waals surface area contributed by atoms with E-state index in [0.29, 0.717) is 72.2 Å². The van der Waals surface area contributed by atoms with Gasteiger partial charge in [-0.2, -0.15) is 0 Å². The normalized spacial score (nSPS) is 10.6. The smallest absolute Gasteiger partial charge is 0.338 e. The van der Waals surface area contributed by atoms with Crippen molar-refractivity contribution in [3.8, 4) is 23.7 Å². The summed E-state index contributed by atoms with van der Waals surface area (Å²) in [5.74, 6) is 9.70. The topological polar surface area (TPSA) is 163 Å². The molecular weight excluding hydrogens is 933 g/mol. The molecule has 0 aliphatic rings. The summed E-state index contributed by atoms with van der Waals surface area (Å²) in [7, 11) is 0. The van der Waals surface area contributed by atoms with Crippen LogP contribution in [0.4, 0.5) is 11.4 Å². The maximum atomic E-state index is 13.5. The molecule has 2 amide bonds. The molecule has 0 atom stereocenters. The fourth-order valence-electron chi connectivity index (χ4n) is 7.77. The van der Waals surface area contributed by atoms with E-state index in [9.17, 15) is 28.8 Å². The van der Waals surface area contributed by atoms with Gasteiger partial charge in [0.05, 0.1) is 71.2 Å². The van der Waals surface area contributed by atoms with Crippen LogP contribution in [0.25, 0.3) is 0 Å². The second-order valence-corrected chi connectivity index (χ2v) is 18.8. The van der Waals surface area contributed by atoms with Crippen molar-refractivity contribution in [3.63, 3.8) is 0 Å². The molecule has 0 aromatic heterocycles. The number of anilines is 2. The summed E-state index contributed by atoms with van der Waals surface area (Å²) in [5.41, 5.74) is 2.53. The zero-order valence-electron chi connectivity index (χ0n) is 45.5. The minimum absolute atomic E-state index is 0.146. The third-order valence-electron chi connectivity index (χ3n) is 12.1. The Balaban J connectivity index is 2.24. The molecule has 0 heterocycles. The van der Waals surface area contributed by atoms with Gasteiger partial charge in [0.1, 0.15) is 0 Å². The number of hydrogen-bond donors (Lipinski definition) is 2. The summed E-state index contributed by atoms with van der Waals surface area (Å²) in [4.78, 5) is 80.8. The van der Waals surface area contributed by atoms with Crippen molar-refractivity contribution in [2.45, 2.75) is 196 Å². The van der Waals surface area contributed by atoms with Gasteiger partial charge in [0.2, 0.25) is 11.8 Å². The standard InChI is InChI=1S/C62H84N2O10/c1-7-13-19-25-35-71-59(67)51-39-47(40-52(43-51)60(68)72-36-26-20-14-8-2)31-33-49-45-56(64-58(66)30-24-18-12-6)50(46-55(49)63-57(65)29-23-17-11-5)34-32-48-41-53(61(69)73-37-27-21-15-9-3)44-54(42-48)62(70)74-38-28-22-16-10-4/h39-46H,7-30,35-38H2,1-6H3,(H,63,65)(H,64,66). The van der Waals surface area contributed by atoms with E-state index in [1.54, 1.807) is 36.4 Å². The Morgan fingerprint density at radius 2 is 0.608 bits per heavy atom. The SMILES string of the molecule is CCCCCCOC(=O)c1cc(C#Cc2cc(NC(=O)CCCCC)c(C#Cc3cc(C(=O)OCCCCCC)cc(C(=O)OCCCCCC)c3)cc2NC(=O)CCCCC)cc(C(=O)OCCCCCC)c1. The predicted octanol–water partition coefficient (Wildman–Crippen LogP) is 14.5. The summed E-state index contributed by atoms with van der Waals surface area (Å²) in [6.07, 6.45) is 20.2. The van der Waals surface area contributed by atoms with Gasteiger partial charge >= 0.3 is 23.9 Å². The lowest BCUT2D eigenvalue weighted by atomic mass is 10.0. The van der Waals surface area contributed by atoms with Gasteiger partial charge in [-0.25, -0.2) is 19.2 Å². The van der Waals surface area contributed by atoms with E-state index in [1.807, 2.05) is 0 Å². The molecule has 2 N–H and O–H groups in total. The fourth-order valence-corrected chi connectivity index (χ4v) is 7.77. The van der Waals surface area contributed by atoms with E-state index in [2.05, 4.69) is 75.9 Å². The number of ether oxygens (including phenoxy) is 4. The number of carbonyl (C=O) groups is 6. The Morgan fingerprint density at radius 3 is 0.878 bits per heavy atom. The number of rotatable bonds is 34. The summed E-state index contributed by atoms with van der Waals surface area (Å²) in [6.45, 7) is 13.5. The first kappa shape index (κ1) is 61.9. The largest absolute Gasteiger partial charge is 0.462 e. The lowest BCUT2D eigenvalue weighted by Crippen LogP contribution is -2.15. The lowest BCUT2D eigenvalue weighted by Gasteiger charge is -2.14. The number of carbonyl (C=O) groups excluding carboxylic acids is 6. The highest BCUT2D eigenvalue weighted by Gasteiger charge is 2.19. The van der Waals surface area contributed by atoms with Crippen molar-refractivity contribution in [3.05, 3.63) is 93.0 Å². The zero-order chi connectivity index (χ0) is 53.8. The first-order valence-corrected chi connectivity index (χ1v) is 27.8. The summed E-state index contributed by atoms with van der Waals surface area (Å²) < 4.78 is 22.5. The molecule has 0 saturated carbocycles. The molecule has 74 heavy (non-hydrogen) atoms. The Hall–Kier alpha value is -6.40. The lowest BCUT2D eigenvalue weighted by molar-refractivity contribution is -0.117. The van der Waals surface area contributed by atoms with Crippen molar-refractivity contribution in [2.75, 3.05) is 37.1 Å². The third-order valence-corrected chi connectivity index (χ3v) is 12.1. The molecular formula is C62H84N2O10. The van der Waals surface area contributed by atoms with Crippen molar-refractivity contribution in [1.29, 1.82) is 0 Å². The van der Waals surface area contributed by atoms with Crippen LogP contribution in [-0.2, 0) is 28.5 Å². The predicted molar refractivity (Wildman–Crippen MR) is 295 cm³/mol. The fraction of sp³-hybridized carbons (Fsp3) is 0.548. The van der Waals surface area contributed by atoms with E-state index < -0.39 is 23.9 Å². The van der Waals surface area contributed by atoms with Gasteiger partial charge in [-0.3, -0.25) is 9.59 Å². The van der Waals surface area contributed by atoms with E-state index in [1.165, 1.54) is 12.1 Å². The van der Waals surface area contributed by atoms with Crippen molar-refractivity contribution in [2.24, 2.45) is 0 Å². The monoisotopic (exact) mass is 1020 g/mol. The minimum atomic E-state index is -0.588. The van der Waals surface area contributed by atoms with Crippen LogP contribution in [0.2, 0.25) is 0 Å². The Labute approximate surface area is 442 Å². The van der Waals surface area contributed by atoms with Crippen LogP contribution < -0.4 is 10.6 Å². The Morgan fingerprint density at radius 1 is 0.338 bits per heavy atom. The van der Waals surface area contributed by atoms with Crippen molar-refractivity contribution in [1.82, 2.24) is 0 Å². The molecule has 0 aliphatic carbocycles. The van der Waals surface area contributed by atoms with Gasteiger partial charge in [-0.05, 0) is 87.1 Å². The number of hydrogen-bond acceptors (Lipinski definition) is 10. The molecule has 3 rings (SSSR count). The van der Waals surface area contributed by atoms with Crippen LogP contribution in [-0.4, -0.2) is 62.1 Å². The summed E-state index contributed by atoms with van der Waals surface area (Å²) >= 11 is 0. The van der Waals surface area contributed by atoms with E-state index >= 15 is 0 Å². The molecule has 0 aliphatic heterocycles. The van der Waals surface area contributed by atoms with E-state index in [4.69, 9.17) is 18.9 Å². The summed E-state index contributed by atoms with van der Waals surface area (Å²) in [6, 6.07) is 12.5. The number of esters is 4. The van der Waals surface area contributed by atoms with Gasteiger partial charge in [-0.15, -0.1) is 0 Å². The summed E-state index contributed by atoms with van der Waals surface area (Å²) in [5, 5.41) is 6.04. The van der Waals surface area contributed by atoms with Crippen LogP contribution >= 0.6 is 0 Å². The number of amides is 2. The second kappa shape index (κ2) is 37.3. The van der Waals surface area contributed by atoms with Crippen LogP contribution in [0.3, 0.4) is 0 Å². The first-order chi connectivity index (χ1) is 36.0. The molecule has 12 nitrogen and oxygen atoms in total. The van der Waals surface area contributed by atoms with E-state index in [0.717, 1.165) is 103 Å². The molecule has 0 fully saturated rings. The maximum absolute atomic E-state index is 13.5. The molecule has 3 aromatic rings. The Bertz CT molecular complexity index is 2130. The zero-order valence-corrected chi connectivity index (χ0v) is 45.5. The van der Waals surface area contributed by atoms with Crippen LogP contribution in [0.5, 0.6) is 0 Å².